The Kier molecular flexibility index (Phi) is 10.9. The highest BCUT2D eigenvalue weighted by Crippen LogP contribution is 2.01. The van der Waals surface area contributed by atoms with Crippen LogP contribution >= 0.6 is 0 Å². The monoisotopic (exact) mass is 419 g/mol. The Balaban J connectivity index is 5.18. The normalized spacial score (nSPS) is 14.6. The third-order valence-electron chi connectivity index (χ3n) is 3.53. The Labute approximate surface area is 165 Å². The van der Waals surface area contributed by atoms with Crippen molar-refractivity contribution in [1.82, 2.24) is 16.0 Å². The molecule has 0 spiro atoms. The van der Waals surface area contributed by atoms with Crippen molar-refractivity contribution in [3.63, 3.8) is 0 Å². The highest BCUT2D eigenvalue weighted by molar-refractivity contribution is 5.95. The van der Waals surface area contributed by atoms with Gasteiger partial charge in [-0.15, -0.1) is 0 Å². The van der Waals surface area contributed by atoms with Crippen LogP contribution in [0.4, 0.5) is 0 Å². The number of aliphatic hydroxyl groups excluding tert-OH is 1. The Morgan fingerprint density at radius 2 is 1.52 bits per heavy atom. The first-order valence-corrected chi connectivity index (χ1v) is 8.39. The maximum Gasteiger partial charge on any atom is 0.322 e. The van der Waals surface area contributed by atoms with Crippen molar-refractivity contribution in [2.75, 3.05) is 6.54 Å². The summed E-state index contributed by atoms with van der Waals surface area (Å²) >= 11 is 0. The van der Waals surface area contributed by atoms with Crippen LogP contribution in [0.25, 0.3) is 0 Å². The average Bonchev–Trinajstić information content (AvgIpc) is 2.60. The molecule has 0 rings (SSSR count). The van der Waals surface area contributed by atoms with Crippen LogP contribution in [0, 0.1) is 0 Å². The molecule has 14 heteroatoms. The third-order valence-corrected chi connectivity index (χ3v) is 3.53. The van der Waals surface area contributed by atoms with Gasteiger partial charge in [-0.1, -0.05) is 0 Å². The first-order valence-electron chi connectivity index (χ1n) is 8.39. The highest BCUT2D eigenvalue weighted by atomic mass is 16.4. The Bertz CT molecular complexity index is 652. The summed E-state index contributed by atoms with van der Waals surface area (Å²) in [5.41, 5.74) is 10.5. The molecule has 4 amide bonds. The number of carbonyl (C=O) groups is 6. The summed E-state index contributed by atoms with van der Waals surface area (Å²) in [7, 11) is 0. The van der Waals surface area contributed by atoms with E-state index in [9.17, 15) is 33.9 Å². The van der Waals surface area contributed by atoms with Gasteiger partial charge in [0.25, 0.3) is 0 Å². The minimum atomic E-state index is -1.66. The molecule has 4 unspecified atom stereocenters. The lowest BCUT2D eigenvalue weighted by molar-refractivity contribution is -0.142. The van der Waals surface area contributed by atoms with Crippen LogP contribution in [0.2, 0.25) is 0 Å². The second-order valence-electron chi connectivity index (χ2n) is 6.11. The zero-order valence-electron chi connectivity index (χ0n) is 15.6. The van der Waals surface area contributed by atoms with Crippen LogP contribution in [0.5, 0.6) is 0 Å². The van der Waals surface area contributed by atoms with Crippen LogP contribution in [0.15, 0.2) is 0 Å². The highest BCUT2D eigenvalue weighted by Gasteiger charge is 2.31. The number of carboxylic acid groups (broad SMARTS) is 2. The quantitative estimate of drug-likeness (QED) is 0.142. The van der Waals surface area contributed by atoms with Crippen molar-refractivity contribution in [1.29, 1.82) is 0 Å². The molecule has 0 aliphatic rings. The fraction of sp³-hybridized carbons (Fsp3) is 0.600. The van der Waals surface area contributed by atoms with Crippen molar-refractivity contribution >= 4 is 35.6 Å². The molecule has 164 valence electrons. The molecule has 0 aromatic carbocycles. The second-order valence-corrected chi connectivity index (χ2v) is 6.11. The zero-order valence-corrected chi connectivity index (χ0v) is 15.6. The van der Waals surface area contributed by atoms with Gasteiger partial charge in [-0.05, 0) is 13.3 Å². The van der Waals surface area contributed by atoms with Crippen molar-refractivity contribution < 1.29 is 44.1 Å². The minimum Gasteiger partial charge on any atom is -0.481 e. The average molecular weight is 419 g/mol. The molecule has 0 saturated heterocycles. The number of nitrogens with one attached hydrogen (secondary N) is 3. The number of nitrogens with two attached hydrogens (primary N) is 2. The van der Waals surface area contributed by atoms with E-state index in [0.29, 0.717) is 0 Å². The van der Waals surface area contributed by atoms with Crippen LogP contribution in [-0.2, 0) is 28.8 Å². The number of amides is 4. The first kappa shape index (κ1) is 25.7. The van der Waals surface area contributed by atoms with Gasteiger partial charge in [0, 0.05) is 6.42 Å². The van der Waals surface area contributed by atoms with E-state index in [1.165, 1.54) is 0 Å². The largest absolute Gasteiger partial charge is 0.481 e. The smallest absolute Gasteiger partial charge is 0.322 e. The van der Waals surface area contributed by atoms with Gasteiger partial charge in [-0.3, -0.25) is 28.8 Å². The number of carboxylic acids is 2. The predicted molar refractivity (Wildman–Crippen MR) is 94.8 cm³/mol. The Hall–Kier alpha value is -3.26. The summed E-state index contributed by atoms with van der Waals surface area (Å²) in [5, 5.41) is 33.3. The molecule has 0 bridgehead atoms. The lowest BCUT2D eigenvalue weighted by Gasteiger charge is -2.24. The van der Waals surface area contributed by atoms with E-state index in [-0.39, 0.29) is 12.8 Å². The van der Waals surface area contributed by atoms with Gasteiger partial charge in [-0.2, -0.15) is 0 Å². The molecule has 0 heterocycles. The number of aliphatic carboxylic acids is 2. The van der Waals surface area contributed by atoms with Crippen molar-refractivity contribution in [2.24, 2.45) is 11.5 Å². The van der Waals surface area contributed by atoms with Crippen LogP contribution in [0.1, 0.15) is 26.2 Å². The number of primary amides is 1. The number of rotatable bonds is 13. The van der Waals surface area contributed by atoms with Crippen molar-refractivity contribution in [3.05, 3.63) is 0 Å². The van der Waals surface area contributed by atoms with Crippen LogP contribution < -0.4 is 27.4 Å². The standard InChI is InChI=1S/C15H25N5O9/c1-6(21)12(15(29)18-5-11(25)26)20-14(28)8(4-10(23)24)19-13(27)7(16)2-3-9(17)22/h6-8,12,21H,2-5,16H2,1H3,(H2,17,22)(H,18,29)(H,19,27)(H,20,28)(H,23,24)(H,25,26). The van der Waals surface area contributed by atoms with E-state index in [1.54, 1.807) is 0 Å². The molecule has 4 atom stereocenters. The van der Waals surface area contributed by atoms with Crippen molar-refractivity contribution in [2.45, 2.75) is 50.4 Å². The maximum atomic E-state index is 12.3. The summed E-state index contributed by atoms with van der Waals surface area (Å²) in [4.78, 5) is 68.6. The summed E-state index contributed by atoms with van der Waals surface area (Å²) in [6, 6.07) is -4.52. The van der Waals surface area contributed by atoms with Gasteiger partial charge in [0.1, 0.15) is 18.6 Å². The van der Waals surface area contributed by atoms with Crippen LogP contribution in [-0.4, -0.2) is 81.7 Å². The molecule has 14 nitrogen and oxygen atoms in total. The van der Waals surface area contributed by atoms with E-state index in [0.717, 1.165) is 6.92 Å². The Morgan fingerprint density at radius 3 is 1.97 bits per heavy atom. The lowest BCUT2D eigenvalue weighted by Crippen LogP contribution is -2.59. The van der Waals surface area contributed by atoms with Gasteiger partial charge in [0.05, 0.1) is 18.6 Å². The number of hydrogen-bond donors (Lipinski definition) is 8. The summed E-state index contributed by atoms with van der Waals surface area (Å²) in [6.45, 7) is 0.359. The van der Waals surface area contributed by atoms with E-state index in [2.05, 4.69) is 10.6 Å². The molecule has 0 fully saturated rings. The van der Waals surface area contributed by atoms with Gasteiger partial charge in [0.2, 0.25) is 23.6 Å². The molecule has 0 aliphatic heterocycles. The van der Waals surface area contributed by atoms with Gasteiger partial charge in [-0.25, -0.2) is 0 Å². The maximum absolute atomic E-state index is 12.3. The van der Waals surface area contributed by atoms with Crippen molar-refractivity contribution in [3.8, 4) is 0 Å². The summed E-state index contributed by atoms with van der Waals surface area (Å²) < 4.78 is 0. The molecular weight excluding hydrogens is 394 g/mol. The molecule has 10 N–H and O–H groups in total. The topological polar surface area (TPSA) is 251 Å². The molecule has 0 aromatic heterocycles. The zero-order chi connectivity index (χ0) is 22.7. The lowest BCUT2D eigenvalue weighted by atomic mass is 10.1. The molecule has 0 aliphatic carbocycles. The third kappa shape index (κ3) is 10.6. The first-order chi connectivity index (χ1) is 13.3. The van der Waals surface area contributed by atoms with E-state index < -0.39 is 72.8 Å². The van der Waals surface area contributed by atoms with Crippen LogP contribution in [0.3, 0.4) is 0 Å². The summed E-state index contributed by atoms with van der Waals surface area (Å²) in [6.07, 6.45) is -2.69. The van der Waals surface area contributed by atoms with Gasteiger partial charge in [0.15, 0.2) is 0 Å². The molecular formula is C15H25N5O9. The predicted octanol–water partition coefficient (Wildman–Crippen LogP) is -4.39. The van der Waals surface area contributed by atoms with E-state index >= 15 is 0 Å². The molecule has 0 saturated carbocycles. The van der Waals surface area contributed by atoms with Gasteiger partial charge < -0.3 is 42.7 Å². The number of hydrogen-bond acceptors (Lipinski definition) is 8. The SMILES string of the molecule is CC(O)C(NC(=O)C(CC(=O)O)NC(=O)C(N)CCC(N)=O)C(=O)NCC(=O)O. The van der Waals surface area contributed by atoms with E-state index in [1.807, 2.05) is 5.32 Å². The Morgan fingerprint density at radius 1 is 0.931 bits per heavy atom. The molecule has 0 aromatic rings. The summed E-state index contributed by atoms with van der Waals surface area (Å²) in [5.74, 6) is -6.62. The minimum absolute atomic E-state index is 0.142. The molecule has 0 radical (unpaired) electrons. The van der Waals surface area contributed by atoms with Gasteiger partial charge >= 0.3 is 11.9 Å². The molecule has 29 heavy (non-hydrogen) atoms. The number of aliphatic hydroxyl groups is 1. The fourth-order valence-electron chi connectivity index (χ4n) is 2.02. The number of carbonyl (C=O) groups excluding carboxylic acids is 4. The fourth-order valence-corrected chi connectivity index (χ4v) is 2.02. The second kappa shape index (κ2) is 12.2. The van der Waals surface area contributed by atoms with E-state index in [4.69, 9.17) is 21.7 Å².